The van der Waals surface area contributed by atoms with Gasteiger partial charge in [0, 0.05) is 29.2 Å². The minimum absolute atomic E-state index is 0.211. The van der Waals surface area contributed by atoms with Gasteiger partial charge in [0.1, 0.15) is 12.1 Å². The number of imidazole rings is 1. The maximum atomic E-state index is 13.3. The predicted octanol–water partition coefficient (Wildman–Crippen LogP) is 4.44. The second kappa shape index (κ2) is 6.84. The van der Waals surface area contributed by atoms with E-state index in [2.05, 4.69) is 9.97 Å². The zero-order valence-corrected chi connectivity index (χ0v) is 14.1. The molecule has 0 aliphatic rings. The van der Waals surface area contributed by atoms with Gasteiger partial charge in [-0.3, -0.25) is 9.55 Å². The van der Waals surface area contributed by atoms with Gasteiger partial charge in [0.05, 0.1) is 17.0 Å². The Morgan fingerprint density at radius 2 is 1.56 bits per heavy atom. The summed E-state index contributed by atoms with van der Waals surface area (Å²) in [4.78, 5) is 19.7. The summed E-state index contributed by atoms with van der Waals surface area (Å²) in [5, 5.41) is 9.10. The van der Waals surface area contributed by atoms with E-state index in [1.54, 1.807) is 55.1 Å². The summed E-state index contributed by atoms with van der Waals surface area (Å²) in [7, 11) is 0. The molecule has 0 unspecified atom stereocenters. The lowest BCUT2D eigenvalue weighted by molar-refractivity contribution is 0.0697. The Balaban J connectivity index is 1.89. The lowest BCUT2D eigenvalue weighted by Crippen LogP contribution is -1.99. The quantitative estimate of drug-likeness (QED) is 0.585. The van der Waals surface area contributed by atoms with Gasteiger partial charge in [-0.25, -0.2) is 14.2 Å². The molecule has 0 saturated heterocycles. The van der Waals surface area contributed by atoms with Crippen molar-refractivity contribution in [3.63, 3.8) is 0 Å². The molecule has 0 amide bonds. The number of rotatable bonds is 4. The topological polar surface area (TPSA) is 68.0 Å². The van der Waals surface area contributed by atoms with Gasteiger partial charge in [0.25, 0.3) is 0 Å². The molecular weight excluding hydrogens is 345 g/mol. The smallest absolute Gasteiger partial charge is 0.335 e. The molecule has 1 N–H and O–H groups in total. The standard InChI is InChI=1S/C21H14FN3O2/c22-17-5-1-14(2-6-17)19-20(15-9-11-23-12-10-15)25(13-24-19)18-7-3-16(4-8-18)21(26)27/h1-13H,(H,26,27). The van der Waals surface area contributed by atoms with Gasteiger partial charge in [-0.1, -0.05) is 0 Å². The van der Waals surface area contributed by atoms with E-state index in [9.17, 15) is 9.18 Å². The summed E-state index contributed by atoms with van der Waals surface area (Å²) >= 11 is 0. The van der Waals surface area contributed by atoms with Crippen LogP contribution in [0.15, 0.2) is 79.4 Å². The van der Waals surface area contributed by atoms with E-state index in [1.165, 1.54) is 12.1 Å². The number of aromatic carboxylic acids is 1. The van der Waals surface area contributed by atoms with Crippen LogP contribution in [0.2, 0.25) is 0 Å². The van der Waals surface area contributed by atoms with Crippen molar-refractivity contribution < 1.29 is 14.3 Å². The van der Waals surface area contributed by atoms with Crippen LogP contribution in [0.5, 0.6) is 0 Å². The third-order valence-corrected chi connectivity index (χ3v) is 4.23. The second-order valence-electron chi connectivity index (χ2n) is 5.91. The Morgan fingerprint density at radius 1 is 0.889 bits per heavy atom. The maximum absolute atomic E-state index is 13.3. The van der Waals surface area contributed by atoms with Crippen molar-refractivity contribution in [2.24, 2.45) is 0 Å². The fourth-order valence-electron chi connectivity index (χ4n) is 2.91. The Bertz CT molecular complexity index is 1090. The van der Waals surface area contributed by atoms with Gasteiger partial charge < -0.3 is 5.11 Å². The molecule has 0 aliphatic carbocycles. The zero-order chi connectivity index (χ0) is 18.8. The van der Waals surface area contributed by atoms with Crippen LogP contribution in [-0.2, 0) is 0 Å². The highest BCUT2D eigenvalue weighted by atomic mass is 19.1. The number of carbonyl (C=O) groups is 1. The van der Waals surface area contributed by atoms with E-state index < -0.39 is 5.97 Å². The molecule has 0 radical (unpaired) electrons. The number of benzene rings is 2. The fourth-order valence-corrected chi connectivity index (χ4v) is 2.91. The van der Waals surface area contributed by atoms with Crippen LogP contribution in [0, 0.1) is 5.82 Å². The first-order valence-electron chi connectivity index (χ1n) is 8.21. The van der Waals surface area contributed by atoms with Gasteiger partial charge in [0.15, 0.2) is 0 Å². The molecule has 2 heterocycles. The van der Waals surface area contributed by atoms with Crippen molar-refractivity contribution in [3.05, 3.63) is 90.8 Å². The molecule has 5 nitrogen and oxygen atoms in total. The van der Waals surface area contributed by atoms with Crippen molar-refractivity contribution in [2.75, 3.05) is 0 Å². The van der Waals surface area contributed by atoms with Gasteiger partial charge in [-0.15, -0.1) is 0 Å². The molecule has 6 heteroatoms. The summed E-state index contributed by atoms with van der Waals surface area (Å²) in [6.45, 7) is 0. The highest BCUT2D eigenvalue weighted by molar-refractivity contribution is 5.88. The fraction of sp³-hybridized carbons (Fsp3) is 0. The molecule has 0 spiro atoms. The molecule has 0 atom stereocenters. The molecule has 0 saturated carbocycles. The summed E-state index contributed by atoms with van der Waals surface area (Å²) in [6.07, 6.45) is 5.05. The minimum atomic E-state index is -0.978. The highest BCUT2D eigenvalue weighted by Crippen LogP contribution is 2.33. The number of pyridine rings is 1. The Morgan fingerprint density at radius 3 is 2.19 bits per heavy atom. The van der Waals surface area contributed by atoms with Crippen molar-refractivity contribution >= 4 is 5.97 Å². The van der Waals surface area contributed by atoms with Gasteiger partial charge in [-0.05, 0) is 60.7 Å². The van der Waals surface area contributed by atoms with Crippen molar-refractivity contribution in [2.45, 2.75) is 0 Å². The number of halogens is 1. The number of nitrogens with zero attached hydrogens (tertiary/aromatic N) is 3. The zero-order valence-electron chi connectivity index (χ0n) is 14.1. The van der Waals surface area contributed by atoms with Crippen LogP contribution in [-0.4, -0.2) is 25.6 Å². The van der Waals surface area contributed by atoms with Crippen LogP contribution in [0.1, 0.15) is 10.4 Å². The number of carboxylic acid groups (broad SMARTS) is 1. The first-order chi connectivity index (χ1) is 13.1. The third kappa shape index (κ3) is 3.20. The number of hydrogen-bond donors (Lipinski definition) is 1. The lowest BCUT2D eigenvalue weighted by atomic mass is 10.1. The van der Waals surface area contributed by atoms with E-state index in [-0.39, 0.29) is 11.4 Å². The van der Waals surface area contributed by atoms with Crippen LogP contribution in [0.4, 0.5) is 4.39 Å². The monoisotopic (exact) mass is 359 g/mol. The van der Waals surface area contributed by atoms with E-state index in [0.29, 0.717) is 5.69 Å². The normalized spacial score (nSPS) is 10.7. The first-order valence-corrected chi connectivity index (χ1v) is 8.21. The molecule has 0 aliphatic heterocycles. The second-order valence-corrected chi connectivity index (χ2v) is 5.91. The number of hydrogen-bond acceptors (Lipinski definition) is 3. The van der Waals surface area contributed by atoms with Crippen LogP contribution >= 0.6 is 0 Å². The molecular formula is C21H14FN3O2. The first kappa shape index (κ1) is 16.7. The van der Waals surface area contributed by atoms with Crippen molar-refractivity contribution in [3.8, 4) is 28.2 Å². The predicted molar refractivity (Wildman–Crippen MR) is 99.1 cm³/mol. The molecule has 2 aromatic carbocycles. The molecule has 132 valence electrons. The summed E-state index contributed by atoms with van der Waals surface area (Å²) in [5.41, 5.74) is 4.17. The average Bonchev–Trinajstić information content (AvgIpc) is 3.14. The Hall–Kier alpha value is -3.80. The summed E-state index contributed by atoms with van der Waals surface area (Å²) in [6, 6.07) is 16.4. The van der Waals surface area contributed by atoms with Crippen LogP contribution in [0.25, 0.3) is 28.2 Å². The van der Waals surface area contributed by atoms with E-state index in [1.807, 2.05) is 16.7 Å². The van der Waals surface area contributed by atoms with Crippen LogP contribution in [0.3, 0.4) is 0 Å². The van der Waals surface area contributed by atoms with Crippen LogP contribution < -0.4 is 0 Å². The SMILES string of the molecule is O=C(O)c1ccc(-n2cnc(-c3ccc(F)cc3)c2-c2ccncc2)cc1. The molecule has 0 fully saturated rings. The molecule has 27 heavy (non-hydrogen) atoms. The summed E-state index contributed by atoms with van der Waals surface area (Å²) in [5.74, 6) is -1.29. The largest absolute Gasteiger partial charge is 0.478 e. The molecule has 2 aromatic heterocycles. The van der Waals surface area contributed by atoms with E-state index >= 15 is 0 Å². The van der Waals surface area contributed by atoms with Gasteiger partial charge in [-0.2, -0.15) is 0 Å². The molecule has 4 rings (SSSR count). The Kier molecular flexibility index (Phi) is 4.22. The Labute approximate surface area is 154 Å². The van der Waals surface area contributed by atoms with Crippen molar-refractivity contribution in [1.29, 1.82) is 0 Å². The van der Waals surface area contributed by atoms with Gasteiger partial charge in [0.2, 0.25) is 0 Å². The summed E-state index contributed by atoms with van der Waals surface area (Å²) < 4.78 is 15.2. The lowest BCUT2D eigenvalue weighted by Gasteiger charge is -2.11. The van der Waals surface area contributed by atoms with Crippen molar-refractivity contribution in [1.82, 2.24) is 14.5 Å². The number of aromatic nitrogens is 3. The van der Waals surface area contributed by atoms with E-state index in [0.717, 1.165) is 22.5 Å². The maximum Gasteiger partial charge on any atom is 0.335 e. The van der Waals surface area contributed by atoms with Gasteiger partial charge >= 0.3 is 5.97 Å². The van der Waals surface area contributed by atoms with E-state index in [4.69, 9.17) is 5.11 Å². The minimum Gasteiger partial charge on any atom is -0.478 e. The average molecular weight is 359 g/mol. The third-order valence-electron chi connectivity index (χ3n) is 4.23. The number of carboxylic acids is 1. The molecule has 4 aromatic rings. The molecule has 0 bridgehead atoms. The highest BCUT2D eigenvalue weighted by Gasteiger charge is 2.16.